The number of rotatable bonds is 7. The number of ether oxygens (including phenoxy) is 5. The molecular weight excluding hydrogens is 372 g/mol. The molecule has 154 valence electrons. The molecule has 0 amide bonds. The van der Waals surface area contributed by atoms with Gasteiger partial charge in [-0.1, -0.05) is 30.3 Å². The van der Waals surface area contributed by atoms with E-state index in [1.54, 1.807) is 0 Å². The van der Waals surface area contributed by atoms with Gasteiger partial charge in [0.05, 0.1) is 6.61 Å². The summed E-state index contributed by atoms with van der Waals surface area (Å²) >= 11 is 0. The zero-order valence-electron chi connectivity index (χ0n) is 15.9. The van der Waals surface area contributed by atoms with Gasteiger partial charge in [0.25, 0.3) is 0 Å². The number of hydrogen-bond acceptors (Lipinski definition) is 9. The van der Waals surface area contributed by atoms with Gasteiger partial charge in [-0.2, -0.15) is 0 Å². The van der Waals surface area contributed by atoms with Crippen LogP contribution in [0.3, 0.4) is 0 Å². The van der Waals surface area contributed by atoms with E-state index >= 15 is 0 Å². The molecule has 28 heavy (non-hydrogen) atoms. The molecule has 1 aliphatic heterocycles. The maximum atomic E-state index is 11.6. The molecule has 5 atom stereocenters. The Kier molecular flexibility index (Phi) is 7.91. The molecule has 1 aromatic carbocycles. The second-order valence-electron chi connectivity index (χ2n) is 6.28. The van der Waals surface area contributed by atoms with Crippen molar-refractivity contribution in [2.75, 3.05) is 6.61 Å². The van der Waals surface area contributed by atoms with Gasteiger partial charge in [0, 0.05) is 20.8 Å². The Morgan fingerprint density at radius 1 is 0.929 bits per heavy atom. The molecule has 1 aliphatic rings. The molecule has 0 bridgehead atoms. The average Bonchev–Trinajstić information content (AvgIpc) is 2.62. The van der Waals surface area contributed by atoms with Crippen molar-refractivity contribution in [3.63, 3.8) is 0 Å². The van der Waals surface area contributed by atoms with E-state index in [2.05, 4.69) is 0 Å². The number of aliphatic hydroxyl groups is 1. The van der Waals surface area contributed by atoms with Crippen molar-refractivity contribution >= 4 is 17.9 Å². The van der Waals surface area contributed by atoms with Gasteiger partial charge in [-0.15, -0.1) is 0 Å². The predicted molar refractivity (Wildman–Crippen MR) is 93.6 cm³/mol. The van der Waals surface area contributed by atoms with Gasteiger partial charge in [-0.3, -0.25) is 14.4 Å². The van der Waals surface area contributed by atoms with E-state index < -0.39 is 48.6 Å². The number of carbonyl (C=O) groups excluding carboxylic acids is 3. The maximum absolute atomic E-state index is 11.6. The van der Waals surface area contributed by atoms with E-state index in [0.717, 1.165) is 5.56 Å². The molecule has 9 heteroatoms. The Balaban J connectivity index is 2.26. The number of benzene rings is 1. The second-order valence-corrected chi connectivity index (χ2v) is 6.28. The van der Waals surface area contributed by atoms with Gasteiger partial charge < -0.3 is 28.8 Å². The molecule has 2 rings (SSSR count). The van der Waals surface area contributed by atoms with E-state index in [9.17, 15) is 19.5 Å². The zero-order valence-corrected chi connectivity index (χ0v) is 15.9. The van der Waals surface area contributed by atoms with E-state index in [1.165, 1.54) is 20.8 Å². The third kappa shape index (κ3) is 6.29. The minimum atomic E-state index is -1.56. The highest BCUT2D eigenvalue weighted by atomic mass is 16.7. The summed E-state index contributed by atoms with van der Waals surface area (Å²) in [6.07, 6.45) is -5.92. The molecule has 0 aliphatic carbocycles. The monoisotopic (exact) mass is 396 g/mol. The Hall–Kier alpha value is -2.49. The number of carbonyl (C=O) groups is 3. The van der Waals surface area contributed by atoms with Crippen molar-refractivity contribution in [1.82, 2.24) is 0 Å². The fourth-order valence-electron chi connectivity index (χ4n) is 2.84. The summed E-state index contributed by atoms with van der Waals surface area (Å²) < 4.78 is 26.7. The van der Waals surface area contributed by atoms with Gasteiger partial charge in [-0.05, 0) is 5.56 Å². The Morgan fingerprint density at radius 2 is 1.54 bits per heavy atom. The first-order chi connectivity index (χ1) is 13.3. The molecule has 1 N–H and O–H groups in total. The van der Waals surface area contributed by atoms with Crippen LogP contribution in [-0.2, 0) is 44.7 Å². The van der Waals surface area contributed by atoms with Gasteiger partial charge in [-0.25, -0.2) is 0 Å². The summed E-state index contributed by atoms with van der Waals surface area (Å²) in [6, 6.07) is 9.16. The lowest BCUT2D eigenvalue weighted by atomic mass is 9.98. The number of aliphatic hydroxyl groups excluding tert-OH is 1. The molecule has 9 nitrogen and oxygen atoms in total. The summed E-state index contributed by atoms with van der Waals surface area (Å²) in [5, 5.41) is 10.3. The van der Waals surface area contributed by atoms with Gasteiger partial charge in [0.1, 0.15) is 18.8 Å². The van der Waals surface area contributed by atoms with Crippen LogP contribution in [0.1, 0.15) is 26.3 Å². The molecule has 0 aromatic heterocycles. The first kappa shape index (κ1) is 21.8. The third-order valence-corrected chi connectivity index (χ3v) is 3.95. The van der Waals surface area contributed by atoms with Crippen LogP contribution in [0.4, 0.5) is 0 Å². The van der Waals surface area contributed by atoms with Crippen molar-refractivity contribution in [2.45, 2.75) is 58.1 Å². The van der Waals surface area contributed by atoms with Crippen LogP contribution < -0.4 is 0 Å². The van der Waals surface area contributed by atoms with Crippen LogP contribution in [0.25, 0.3) is 0 Å². The number of hydrogen-bond donors (Lipinski definition) is 1. The first-order valence-electron chi connectivity index (χ1n) is 8.74. The normalized spacial score (nSPS) is 26.9. The highest BCUT2D eigenvalue weighted by molar-refractivity contribution is 5.67. The lowest BCUT2D eigenvalue weighted by Crippen LogP contribution is -2.62. The third-order valence-electron chi connectivity index (χ3n) is 3.95. The highest BCUT2D eigenvalue weighted by Crippen LogP contribution is 2.28. The van der Waals surface area contributed by atoms with Crippen LogP contribution in [-0.4, -0.2) is 60.3 Å². The van der Waals surface area contributed by atoms with Gasteiger partial charge in [0.2, 0.25) is 0 Å². The summed E-state index contributed by atoms with van der Waals surface area (Å²) in [4.78, 5) is 34.2. The molecular formula is C19H24O9. The fraction of sp³-hybridized carbons (Fsp3) is 0.526. The standard InChI is InChI=1S/C19H24O9/c1-11(20)24-10-15-16(26-12(2)21)17(18(19(23)28-15)27-13(3)22)25-9-14-7-5-4-6-8-14/h4-8,15-19,23H,9-10H2,1-3H3/t15-,16+,17+,18-,19-/m1/s1. The van der Waals surface area contributed by atoms with Crippen LogP contribution in [0.5, 0.6) is 0 Å². The Bertz CT molecular complexity index is 675. The van der Waals surface area contributed by atoms with Crippen LogP contribution in [0, 0.1) is 0 Å². The molecule has 0 saturated carbocycles. The first-order valence-corrected chi connectivity index (χ1v) is 8.74. The lowest BCUT2D eigenvalue weighted by Gasteiger charge is -2.43. The summed E-state index contributed by atoms with van der Waals surface area (Å²) in [5.41, 5.74) is 0.822. The van der Waals surface area contributed by atoms with Crippen molar-refractivity contribution in [2.24, 2.45) is 0 Å². The minimum Gasteiger partial charge on any atom is -0.463 e. The fourth-order valence-corrected chi connectivity index (χ4v) is 2.84. The van der Waals surface area contributed by atoms with Crippen molar-refractivity contribution < 1.29 is 43.2 Å². The molecule has 1 saturated heterocycles. The summed E-state index contributed by atoms with van der Waals surface area (Å²) in [7, 11) is 0. The van der Waals surface area contributed by atoms with Crippen molar-refractivity contribution in [3.8, 4) is 0 Å². The van der Waals surface area contributed by atoms with Crippen molar-refractivity contribution in [3.05, 3.63) is 35.9 Å². The Labute approximate surface area is 162 Å². The topological polar surface area (TPSA) is 118 Å². The van der Waals surface area contributed by atoms with E-state index in [1.807, 2.05) is 30.3 Å². The smallest absolute Gasteiger partial charge is 0.303 e. The quantitative estimate of drug-likeness (QED) is 0.525. The molecule has 1 fully saturated rings. The second kappa shape index (κ2) is 10.2. The van der Waals surface area contributed by atoms with E-state index in [-0.39, 0.29) is 13.2 Å². The zero-order chi connectivity index (χ0) is 20.7. The van der Waals surface area contributed by atoms with Gasteiger partial charge in [0.15, 0.2) is 18.5 Å². The lowest BCUT2D eigenvalue weighted by molar-refractivity contribution is -0.302. The molecule has 1 heterocycles. The van der Waals surface area contributed by atoms with Crippen LogP contribution in [0.2, 0.25) is 0 Å². The van der Waals surface area contributed by atoms with Gasteiger partial charge >= 0.3 is 17.9 Å². The van der Waals surface area contributed by atoms with Crippen molar-refractivity contribution in [1.29, 1.82) is 0 Å². The Morgan fingerprint density at radius 3 is 2.11 bits per heavy atom. The molecule has 0 radical (unpaired) electrons. The van der Waals surface area contributed by atoms with E-state index in [4.69, 9.17) is 23.7 Å². The minimum absolute atomic E-state index is 0.105. The molecule has 1 aromatic rings. The molecule has 0 unspecified atom stereocenters. The number of esters is 3. The highest BCUT2D eigenvalue weighted by Gasteiger charge is 2.50. The molecule has 0 spiro atoms. The SMILES string of the molecule is CC(=O)OC[C@H]1O[C@@H](O)[C@H](OC(C)=O)[C@@H](OCc2ccccc2)[C@H]1OC(C)=O. The predicted octanol–water partition coefficient (Wildman–Crippen LogP) is 0.715. The largest absolute Gasteiger partial charge is 0.463 e. The average molecular weight is 396 g/mol. The maximum Gasteiger partial charge on any atom is 0.303 e. The summed E-state index contributed by atoms with van der Waals surface area (Å²) in [6.45, 7) is 3.41. The van der Waals surface area contributed by atoms with E-state index in [0.29, 0.717) is 0 Å². The van der Waals surface area contributed by atoms with Crippen LogP contribution >= 0.6 is 0 Å². The van der Waals surface area contributed by atoms with Crippen LogP contribution in [0.15, 0.2) is 30.3 Å². The summed E-state index contributed by atoms with van der Waals surface area (Å²) in [5.74, 6) is -1.86.